The molecule has 0 spiro atoms. The van der Waals surface area contributed by atoms with Crippen LogP contribution in [0, 0.1) is 11.7 Å². The average Bonchev–Trinajstić information content (AvgIpc) is 2.47. The summed E-state index contributed by atoms with van der Waals surface area (Å²) in [5, 5.41) is 2.68. The summed E-state index contributed by atoms with van der Waals surface area (Å²) in [4.78, 5) is 24.9. The maximum atomic E-state index is 13.1. The standard InChI is InChI=1S/C16H21FN2O3/c1-2-22-16(21)12-5-4-8-19(10-12)11-15(20)18-14-7-3-6-13(17)9-14/h3,6-7,9,12H,2,4-5,8,10-11H2,1H3,(H,18,20)/p+1/t12-/m1/s1. The van der Waals surface area contributed by atoms with Gasteiger partial charge in [0.15, 0.2) is 6.54 Å². The lowest BCUT2D eigenvalue weighted by atomic mass is 9.98. The number of likely N-dealkylation sites (tertiary alicyclic amines) is 1. The van der Waals surface area contributed by atoms with E-state index >= 15 is 0 Å². The number of hydrogen-bond acceptors (Lipinski definition) is 3. The predicted molar refractivity (Wildman–Crippen MR) is 80.0 cm³/mol. The highest BCUT2D eigenvalue weighted by atomic mass is 19.1. The van der Waals surface area contributed by atoms with E-state index in [0.29, 0.717) is 18.8 Å². The van der Waals surface area contributed by atoms with Crippen molar-refractivity contribution in [3.05, 3.63) is 30.1 Å². The molecule has 22 heavy (non-hydrogen) atoms. The van der Waals surface area contributed by atoms with Crippen molar-refractivity contribution in [3.8, 4) is 0 Å². The Balaban J connectivity index is 1.84. The minimum atomic E-state index is -0.384. The van der Waals surface area contributed by atoms with Crippen LogP contribution in [0.25, 0.3) is 0 Å². The molecule has 1 aromatic rings. The Bertz CT molecular complexity index is 536. The van der Waals surface area contributed by atoms with E-state index in [-0.39, 0.29) is 30.2 Å². The van der Waals surface area contributed by atoms with Gasteiger partial charge in [-0.05, 0) is 38.0 Å². The van der Waals surface area contributed by atoms with E-state index in [1.165, 1.54) is 12.1 Å². The molecular formula is C16H22FN2O3+. The van der Waals surface area contributed by atoms with Crippen molar-refractivity contribution in [2.75, 3.05) is 31.6 Å². The number of ether oxygens (including phenoxy) is 1. The Morgan fingerprint density at radius 2 is 2.27 bits per heavy atom. The fraction of sp³-hybridized carbons (Fsp3) is 0.500. The fourth-order valence-corrected chi connectivity index (χ4v) is 2.77. The highest BCUT2D eigenvalue weighted by Gasteiger charge is 2.30. The van der Waals surface area contributed by atoms with E-state index < -0.39 is 0 Å². The van der Waals surface area contributed by atoms with Gasteiger partial charge in [0.05, 0.1) is 19.7 Å². The number of rotatable bonds is 5. The van der Waals surface area contributed by atoms with Gasteiger partial charge in [0.1, 0.15) is 11.7 Å². The molecule has 5 nitrogen and oxygen atoms in total. The number of esters is 1. The van der Waals surface area contributed by atoms with Crippen LogP contribution in [0.15, 0.2) is 24.3 Å². The lowest BCUT2D eigenvalue weighted by Gasteiger charge is -2.28. The summed E-state index contributed by atoms with van der Waals surface area (Å²) in [6, 6.07) is 5.81. The van der Waals surface area contributed by atoms with Crippen LogP contribution in [0.4, 0.5) is 10.1 Å². The molecule has 1 aromatic carbocycles. The quantitative estimate of drug-likeness (QED) is 0.784. The van der Waals surface area contributed by atoms with Gasteiger partial charge in [0.25, 0.3) is 5.91 Å². The summed E-state index contributed by atoms with van der Waals surface area (Å²) in [5.41, 5.74) is 0.448. The first kappa shape index (κ1) is 16.4. The summed E-state index contributed by atoms with van der Waals surface area (Å²) in [7, 11) is 0. The molecule has 1 aliphatic heterocycles. The van der Waals surface area contributed by atoms with E-state index in [1.54, 1.807) is 19.1 Å². The number of benzene rings is 1. The normalized spacial score (nSPS) is 21.2. The summed E-state index contributed by atoms with van der Waals surface area (Å²) in [5.74, 6) is -0.869. The molecule has 1 aliphatic rings. The topological polar surface area (TPSA) is 59.8 Å². The van der Waals surface area contributed by atoms with Gasteiger partial charge < -0.3 is 15.0 Å². The van der Waals surface area contributed by atoms with E-state index in [9.17, 15) is 14.0 Å². The zero-order valence-electron chi connectivity index (χ0n) is 12.7. The molecule has 1 saturated heterocycles. The van der Waals surface area contributed by atoms with Gasteiger partial charge in [-0.15, -0.1) is 0 Å². The number of anilines is 1. The number of nitrogens with one attached hydrogen (secondary N) is 2. The Morgan fingerprint density at radius 3 is 3.00 bits per heavy atom. The minimum absolute atomic E-state index is 0.134. The van der Waals surface area contributed by atoms with Crippen molar-refractivity contribution in [2.24, 2.45) is 5.92 Å². The van der Waals surface area contributed by atoms with Crippen LogP contribution in [0.5, 0.6) is 0 Å². The third-order valence-corrected chi connectivity index (χ3v) is 3.76. The third-order valence-electron chi connectivity index (χ3n) is 3.76. The number of piperidine rings is 1. The van der Waals surface area contributed by atoms with Crippen molar-refractivity contribution in [1.82, 2.24) is 0 Å². The second-order valence-corrected chi connectivity index (χ2v) is 5.53. The Hall–Kier alpha value is -1.95. The number of hydrogen-bond donors (Lipinski definition) is 2. The number of quaternary nitrogens is 1. The summed E-state index contributed by atoms with van der Waals surface area (Å²) >= 11 is 0. The van der Waals surface area contributed by atoms with Crippen LogP contribution < -0.4 is 10.2 Å². The van der Waals surface area contributed by atoms with Crippen molar-refractivity contribution in [3.63, 3.8) is 0 Å². The van der Waals surface area contributed by atoms with Crippen LogP contribution in [0.1, 0.15) is 19.8 Å². The molecule has 120 valence electrons. The lowest BCUT2D eigenvalue weighted by molar-refractivity contribution is -0.899. The first-order chi connectivity index (χ1) is 10.6. The molecule has 0 saturated carbocycles. The maximum Gasteiger partial charge on any atom is 0.314 e. The average molecular weight is 309 g/mol. The van der Waals surface area contributed by atoms with Crippen LogP contribution in [0.3, 0.4) is 0 Å². The van der Waals surface area contributed by atoms with Gasteiger partial charge in [-0.3, -0.25) is 9.59 Å². The van der Waals surface area contributed by atoms with Crippen LogP contribution in [-0.4, -0.2) is 38.1 Å². The van der Waals surface area contributed by atoms with Gasteiger partial charge in [-0.2, -0.15) is 0 Å². The van der Waals surface area contributed by atoms with E-state index in [1.807, 2.05) is 0 Å². The van der Waals surface area contributed by atoms with Gasteiger partial charge >= 0.3 is 5.97 Å². The van der Waals surface area contributed by atoms with Crippen molar-refractivity contribution in [1.29, 1.82) is 0 Å². The fourth-order valence-electron chi connectivity index (χ4n) is 2.77. The zero-order valence-corrected chi connectivity index (χ0v) is 12.7. The van der Waals surface area contributed by atoms with Crippen LogP contribution >= 0.6 is 0 Å². The van der Waals surface area contributed by atoms with E-state index in [4.69, 9.17) is 4.74 Å². The number of amides is 1. The van der Waals surface area contributed by atoms with Crippen molar-refractivity contribution in [2.45, 2.75) is 19.8 Å². The van der Waals surface area contributed by atoms with Gasteiger partial charge in [0.2, 0.25) is 0 Å². The molecule has 1 amide bonds. The molecular weight excluding hydrogens is 287 g/mol. The highest BCUT2D eigenvalue weighted by Crippen LogP contribution is 2.10. The number of halogens is 1. The minimum Gasteiger partial charge on any atom is -0.466 e. The van der Waals surface area contributed by atoms with E-state index in [0.717, 1.165) is 24.3 Å². The molecule has 0 bridgehead atoms. The van der Waals surface area contributed by atoms with Gasteiger partial charge in [0, 0.05) is 5.69 Å². The molecule has 0 aromatic heterocycles. The highest BCUT2D eigenvalue weighted by molar-refractivity contribution is 5.91. The smallest absolute Gasteiger partial charge is 0.314 e. The number of carbonyl (C=O) groups is 2. The lowest BCUT2D eigenvalue weighted by Crippen LogP contribution is -3.14. The summed E-state index contributed by atoms with van der Waals surface area (Å²) in [6.45, 7) is 3.90. The molecule has 6 heteroatoms. The molecule has 2 atom stereocenters. The summed E-state index contributed by atoms with van der Waals surface area (Å²) < 4.78 is 18.1. The molecule has 0 aliphatic carbocycles. The number of carbonyl (C=O) groups excluding carboxylic acids is 2. The molecule has 1 heterocycles. The van der Waals surface area contributed by atoms with Gasteiger partial charge in [-0.1, -0.05) is 6.07 Å². The maximum absolute atomic E-state index is 13.1. The van der Waals surface area contributed by atoms with Crippen molar-refractivity contribution < 1.29 is 23.6 Å². The first-order valence-electron chi connectivity index (χ1n) is 7.64. The van der Waals surface area contributed by atoms with E-state index in [2.05, 4.69) is 5.32 Å². The Kier molecular flexibility index (Phi) is 5.89. The molecule has 2 rings (SSSR count). The summed E-state index contributed by atoms with van der Waals surface area (Å²) in [6.07, 6.45) is 1.71. The molecule has 0 radical (unpaired) electrons. The molecule has 2 N–H and O–H groups in total. The van der Waals surface area contributed by atoms with Gasteiger partial charge in [-0.25, -0.2) is 4.39 Å². The zero-order chi connectivity index (χ0) is 15.9. The second-order valence-electron chi connectivity index (χ2n) is 5.53. The third kappa shape index (κ3) is 4.80. The van der Waals surface area contributed by atoms with Crippen LogP contribution in [0.2, 0.25) is 0 Å². The second kappa shape index (κ2) is 7.89. The predicted octanol–water partition coefficient (Wildman–Crippen LogP) is 0.622. The molecule has 1 unspecified atom stereocenters. The Morgan fingerprint density at radius 1 is 1.45 bits per heavy atom. The SMILES string of the molecule is CCOC(=O)[C@@H]1CCC[NH+](CC(=O)Nc2cccc(F)c2)C1. The monoisotopic (exact) mass is 309 g/mol. The largest absolute Gasteiger partial charge is 0.466 e. The Labute approximate surface area is 129 Å². The first-order valence-corrected chi connectivity index (χ1v) is 7.64. The molecule has 1 fully saturated rings. The van der Waals surface area contributed by atoms with Crippen LogP contribution in [-0.2, 0) is 14.3 Å². The van der Waals surface area contributed by atoms with Crippen molar-refractivity contribution >= 4 is 17.6 Å².